The maximum absolute atomic E-state index is 12.9. The summed E-state index contributed by atoms with van der Waals surface area (Å²) >= 11 is 0. The number of halogens is 1. The predicted molar refractivity (Wildman–Crippen MR) is 88.3 cm³/mol. The molecule has 0 radical (unpaired) electrons. The molecule has 130 valence electrons. The van der Waals surface area contributed by atoms with Gasteiger partial charge < -0.3 is 10.1 Å². The molecule has 1 spiro atoms. The number of amides is 1. The maximum Gasteiger partial charge on any atom is 0.220 e. The number of rotatable bonds is 5. The first-order valence-electron chi connectivity index (χ1n) is 8.78. The minimum absolute atomic E-state index is 0.0277. The number of hydrogen-bond donors (Lipinski definition) is 1. The van der Waals surface area contributed by atoms with E-state index in [4.69, 9.17) is 4.74 Å². The van der Waals surface area contributed by atoms with Crippen molar-refractivity contribution in [2.24, 2.45) is 0 Å². The summed E-state index contributed by atoms with van der Waals surface area (Å²) < 4.78 is 18.8. The zero-order valence-electron chi connectivity index (χ0n) is 13.9. The monoisotopic (exact) mass is 333 g/mol. The lowest BCUT2D eigenvalue weighted by Crippen LogP contribution is -2.37. The van der Waals surface area contributed by atoms with Crippen LogP contribution in [0.4, 0.5) is 4.39 Å². The fourth-order valence-corrected chi connectivity index (χ4v) is 3.79. The highest BCUT2D eigenvalue weighted by Crippen LogP contribution is 2.39. The quantitative estimate of drug-likeness (QED) is 0.840. The third-order valence-corrected chi connectivity index (χ3v) is 5.08. The first-order chi connectivity index (χ1) is 11.6. The van der Waals surface area contributed by atoms with Crippen LogP contribution in [0.25, 0.3) is 0 Å². The van der Waals surface area contributed by atoms with Crippen molar-refractivity contribution in [2.45, 2.75) is 63.0 Å². The highest BCUT2D eigenvalue weighted by molar-refractivity contribution is 5.97. The molecule has 1 aromatic rings. The molecule has 5 heteroatoms. The normalized spacial score (nSPS) is 22.5. The Balaban J connectivity index is 1.43. The Hall–Kier alpha value is -1.75. The second-order valence-corrected chi connectivity index (χ2v) is 6.95. The molecule has 1 amide bonds. The van der Waals surface area contributed by atoms with Crippen LogP contribution in [0, 0.1) is 5.82 Å². The van der Waals surface area contributed by atoms with Crippen LogP contribution in [0.3, 0.4) is 0 Å². The lowest BCUT2D eigenvalue weighted by atomic mass is 9.82. The fourth-order valence-electron chi connectivity index (χ4n) is 3.79. The van der Waals surface area contributed by atoms with Crippen LogP contribution in [0.1, 0.15) is 61.7 Å². The highest BCUT2D eigenvalue weighted by Gasteiger charge is 2.41. The standard InChI is InChI=1S/C19H24FNO3/c20-15-6-4-14(5-7-15)17(22)8-9-18(23)21-16-12-19(24-13-16)10-2-1-3-11-19/h4-7,16H,1-3,8-13H2,(H,21,23)/t16-/m1/s1. The minimum Gasteiger partial charge on any atom is -0.373 e. The largest absolute Gasteiger partial charge is 0.373 e. The van der Waals surface area contributed by atoms with Crippen molar-refractivity contribution in [3.63, 3.8) is 0 Å². The summed E-state index contributed by atoms with van der Waals surface area (Å²) in [6.07, 6.45) is 7.01. The number of carbonyl (C=O) groups excluding carboxylic acids is 2. The molecule has 24 heavy (non-hydrogen) atoms. The number of Topliss-reactive ketones (excluding diaryl/α,β-unsaturated/α-hetero) is 1. The molecule has 1 saturated heterocycles. The van der Waals surface area contributed by atoms with Gasteiger partial charge >= 0.3 is 0 Å². The van der Waals surface area contributed by atoms with Crippen molar-refractivity contribution >= 4 is 11.7 Å². The molecule has 4 nitrogen and oxygen atoms in total. The Morgan fingerprint density at radius 3 is 2.54 bits per heavy atom. The van der Waals surface area contributed by atoms with Gasteiger partial charge in [0.05, 0.1) is 18.2 Å². The van der Waals surface area contributed by atoms with Gasteiger partial charge in [0.15, 0.2) is 5.78 Å². The average molecular weight is 333 g/mol. The molecule has 0 bridgehead atoms. The van der Waals surface area contributed by atoms with E-state index in [1.54, 1.807) is 0 Å². The zero-order chi connectivity index (χ0) is 17.0. The van der Waals surface area contributed by atoms with Gasteiger partial charge in [-0.3, -0.25) is 9.59 Å². The second kappa shape index (κ2) is 7.43. The first-order valence-corrected chi connectivity index (χ1v) is 8.78. The van der Waals surface area contributed by atoms with Gasteiger partial charge in [-0.25, -0.2) is 4.39 Å². The van der Waals surface area contributed by atoms with Gasteiger partial charge in [0.2, 0.25) is 5.91 Å². The molecule has 1 heterocycles. The van der Waals surface area contributed by atoms with Crippen molar-refractivity contribution in [3.05, 3.63) is 35.6 Å². The van der Waals surface area contributed by atoms with Crippen LogP contribution in [-0.4, -0.2) is 29.9 Å². The Bertz CT molecular complexity index is 593. The van der Waals surface area contributed by atoms with Crippen LogP contribution in [0.2, 0.25) is 0 Å². The van der Waals surface area contributed by atoms with Crippen LogP contribution in [-0.2, 0) is 9.53 Å². The smallest absolute Gasteiger partial charge is 0.220 e. The van der Waals surface area contributed by atoms with E-state index in [0.29, 0.717) is 12.2 Å². The van der Waals surface area contributed by atoms with Gasteiger partial charge in [0.1, 0.15) is 5.82 Å². The molecule has 0 unspecified atom stereocenters. The Labute approximate surface area is 141 Å². The van der Waals surface area contributed by atoms with Crippen LogP contribution in [0.5, 0.6) is 0 Å². The molecule has 3 rings (SSSR count). The second-order valence-electron chi connectivity index (χ2n) is 6.95. The average Bonchev–Trinajstić information content (AvgIpc) is 2.96. The van der Waals surface area contributed by atoms with Crippen LogP contribution in [0.15, 0.2) is 24.3 Å². The number of ketones is 1. The van der Waals surface area contributed by atoms with Crippen molar-refractivity contribution in [1.82, 2.24) is 5.32 Å². The molecule has 1 saturated carbocycles. The molecule has 1 N–H and O–H groups in total. The van der Waals surface area contributed by atoms with E-state index >= 15 is 0 Å². The van der Waals surface area contributed by atoms with E-state index in [0.717, 1.165) is 19.3 Å². The summed E-state index contributed by atoms with van der Waals surface area (Å²) in [6, 6.07) is 5.47. The number of benzene rings is 1. The molecule has 1 aromatic carbocycles. The lowest BCUT2D eigenvalue weighted by Gasteiger charge is -2.32. The van der Waals surface area contributed by atoms with E-state index in [2.05, 4.69) is 5.32 Å². The summed E-state index contributed by atoms with van der Waals surface area (Å²) in [5.41, 5.74) is 0.412. The van der Waals surface area contributed by atoms with Crippen molar-refractivity contribution in [1.29, 1.82) is 0 Å². The minimum atomic E-state index is -0.373. The Morgan fingerprint density at radius 1 is 1.12 bits per heavy atom. The summed E-state index contributed by atoms with van der Waals surface area (Å²) in [7, 11) is 0. The molecule has 2 aliphatic rings. The summed E-state index contributed by atoms with van der Waals surface area (Å²) in [5.74, 6) is -0.634. The zero-order valence-corrected chi connectivity index (χ0v) is 13.9. The van der Waals surface area contributed by atoms with Gasteiger partial charge in [-0.1, -0.05) is 19.3 Å². The predicted octanol–water partition coefficient (Wildman–Crippen LogP) is 3.40. The van der Waals surface area contributed by atoms with Crippen LogP contribution < -0.4 is 5.32 Å². The molecule has 2 fully saturated rings. The third-order valence-electron chi connectivity index (χ3n) is 5.08. The van der Waals surface area contributed by atoms with Crippen molar-refractivity contribution < 1.29 is 18.7 Å². The lowest BCUT2D eigenvalue weighted by molar-refractivity contribution is -0.121. The number of nitrogens with one attached hydrogen (secondary N) is 1. The molecular weight excluding hydrogens is 309 g/mol. The molecule has 1 aliphatic heterocycles. The molecule has 0 aromatic heterocycles. The van der Waals surface area contributed by atoms with E-state index < -0.39 is 0 Å². The number of ether oxygens (including phenoxy) is 1. The summed E-state index contributed by atoms with van der Waals surface area (Å²) in [4.78, 5) is 24.1. The highest BCUT2D eigenvalue weighted by atomic mass is 19.1. The summed E-state index contributed by atoms with van der Waals surface area (Å²) in [5, 5.41) is 2.99. The Morgan fingerprint density at radius 2 is 1.83 bits per heavy atom. The first kappa shape index (κ1) is 17.1. The van der Waals surface area contributed by atoms with Gasteiger partial charge in [-0.2, -0.15) is 0 Å². The van der Waals surface area contributed by atoms with Gasteiger partial charge in [0.25, 0.3) is 0 Å². The van der Waals surface area contributed by atoms with Crippen molar-refractivity contribution in [3.8, 4) is 0 Å². The topological polar surface area (TPSA) is 55.4 Å². The van der Waals surface area contributed by atoms with E-state index in [1.807, 2.05) is 0 Å². The van der Waals surface area contributed by atoms with Gasteiger partial charge in [0, 0.05) is 18.4 Å². The number of hydrogen-bond acceptors (Lipinski definition) is 3. The van der Waals surface area contributed by atoms with E-state index in [1.165, 1.54) is 43.5 Å². The molecule has 1 atom stereocenters. The molecular formula is C19H24FNO3. The van der Waals surface area contributed by atoms with E-state index in [9.17, 15) is 14.0 Å². The van der Waals surface area contributed by atoms with Crippen LogP contribution >= 0.6 is 0 Å². The number of carbonyl (C=O) groups is 2. The summed E-state index contributed by atoms with van der Waals surface area (Å²) in [6.45, 7) is 0.567. The molecule has 1 aliphatic carbocycles. The Kier molecular flexibility index (Phi) is 5.29. The van der Waals surface area contributed by atoms with Gasteiger partial charge in [-0.05, 0) is 43.5 Å². The van der Waals surface area contributed by atoms with Crippen molar-refractivity contribution in [2.75, 3.05) is 6.61 Å². The SMILES string of the molecule is O=C(CCC(=O)c1ccc(F)cc1)N[C@H]1COC2(CCCCC2)C1. The van der Waals surface area contributed by atoms with E-state index in [-0.39, 0.29) is 42.0 Å². The fraction of sp³-hybridized carbons (Fsp3) is 0.579. The third kappa shape index (κ3) is 4.20. The van der Waals surface area contributed by atoms with Gasteiger partial charge in [-0.15, -0.1) is 0 Å². The maximum atomic E-state index is 12.9.